The Morgan fingerprint density at radius 2 is 1.15 bits per heavy atom. The smallest absolute Gasteiger partial charge is 0.157 e. The molecule has 2 aromatic rings. The molecule has 1 saturated heterocycles. The topological polar surface area (TPSA) is 116 Å². The second-order valence-corrected chi connectivity index (χ2v) is 15.7. The summed E-state index contributed by atoms with van der Waals surface area (Å²) in [5.41, 5.74) is 0.286. The molecule has 0 bridgehead atoms. The van der Waals surface area contributed by atoms with Crippen LogP contribution in [0.1, 0.15) is 85.8 Å². The van der Waals surface area contributed by atoms with Crippen LogP contribution in [0.25, 0.3) is 0 Å². The summed E-state index contributed by atoms with van der Waals surface area (Å²) in [6.07, 6.45) is 1.80. The zero-order valence-electron chi connectivity index (χ0n) is 31.2. The van der Waals surface area contributed by atoms with Gasteiger partial charge < -0.3 is 43.7 Å². The van der Waals surface area contributed by atoms with Gasteiger partial charge in [-0.25, -0.2) is 0 Å². The van der Waals surface area contributed by atoms with Gasteiger partial charge in [0.1, 0.15) is 11.5 Å². The molecule has 9 heteroatoms. The molecule has 1 aliphatic rings. The minimum absolute atomic E-state index is 0.0620. The van der Waals surface area contributed by atoms with E-state index in [9.17, 15) is 15.3 Å². The molecular weight excluding hydrogens is 612 g/mol. The second-order valence-electron chi connectivity index (χ2n) is 15.7. The number of methoxy groups -OCH3 is 2. The van der Waals surface area contributed by atoms with Gasteiger partial charge in [0.15, 0.2) is 6.29 Å². The molecule has 3 unspecified atom stereocenters. The third-order valence-electron chi connectivity index (χ3n) is 8.90. The number of benzene rings is 2. The lowest BCUT2D eigenvalue weighted by Crippen LogP contribution is -2.47. The second kappa shape index (κ2) is 19.2. The van der Waals surface area contributed by atoms with Crippen LogP contribution in [-0.2, 0) is 32.2 Å². The summed E-state index contributed by atoms with van der Waals surface area (Å²) in [5.74, 6) is 1.62. The first-order valence-electron chi connectivity index (χ1n) is 17.1. The molecule has 9 nitrogen and oxygen atoms in total. The Kier molecular flexibility index (Phi) is 16.8. The molecule has 0 radical (unpaired) electrons. The maximum atomic E-state index is 11.0. The molecule has 0 spiro atoms. The quantitative estimate of drug-likeness (QED) is 0.157. The van der Waals surface area contributed by atoms with Crippen molar-refractivity contribution < 1.29 is 43.7 Å². The van der Waals surface area contributed by atoms with Gasteiger partial charge in [0.25, 0.3) is 0 Å². The Bertz CT molecular complexity index is 1190. The highest BCUT2D eigenvalue weighted by Crippen LogP contribution is 2.36. The zero-order chi connectivity index (χ0) is 36.0. The summed E-state index contributed by atoms with van der Waals surface area (Å²) < 4.78 is 33.6. The summed E-state index contributed by atoms with van der Waals surface area (Å²) >= 11 is 0. The average molecular weight is 677 g/mol. The minimum Gasteiger partial charge on any atom is -0.497 e. The largest absolute Gasteiger partial charge is 0.497 e. The van der Waals surface area contributed by atoms with Crippen LogP contribution in [0.2, 0.25) is 0 Å². The van der Waals surface area contributed by atoms with Crippen LogP contribution in [0, 0.1) is 21.7 Å². The Morgan fingerprint density at radius 1 is 0.688 bits per heavy atom. The number of ether oxygens (including phenoxy) is 6. The standard InChI is InChI=1S/C22H36O5.C17H28O4/c1-21(2,15-25-14-17-9-8-10-18(13-17)24-5)20(23)22(3,4)16-27-19-11-6-7-12-26-19;1-16(2,11-18)15(19)17(3,4)12-21-10-13-7-6-8-14(9-13)20-5/h8-10,13,19-20,23H,6-7,11-12,14-16H2,1-5H3;6-9,15,18-19H,10-12H2,1-5H3. The van der Waals surface area contributed by atoms with Crippen molar-refractivity contribution >= 4 is 0 Å². The highest BCUT2D eigenvalue weighted by Gasteiger charge is 2.41. The molecule has 48 heavy (non-hydrogen) atoms. The van der Waals surface area contributed by atoms with Crippen LogP contribution in [-0.4, -0.2) is 81.1 Å². The fourth-order valence-electron chi connectivity index (χ4n) is 5.98. The Balaban J connectivity index is 0.000000345. The number of aliphatic hydroxyl groups is 3. The highest BCUT2D eigenvalue weighted by molar-refractivity contribution is 5.28. The zero-order valence-corrected chi connectivity index (χ0v) is 31.2. The monoisotopic (exact) mass is 676 g/mol. The van der Waals surface area contributed by atoms with Crippen LogP contribution >= 0.6 is 0 Å². The third-order valence-corrected chi connectivity index (χ3v) is 8.90. The Hall–Kier alpha value is -2.24. The summed E-state index contributed by atoms with van der Waals surface area (Å²) in [4.78, 5) is 0. The lowest BCUT2D eigenvalue weighted by molar-refractivity contribution is -0.194. The maximum Gasteiger partial charge on any atom is 0.157 e. The summed E-state index contributed by atoms with van der Waals surface area (Å²) in [6, 6.07) is 15.6. The molecular formula is C39H64O9. The van der Waals surface area contributed by atoms with E-state index in [2.05, 4.69) is 0 Å². The maximum absolute atomic E-state index is 11.0. The van der Waals surface area contributed by atoms with Crippen LogP contribution in [0.15, 0.2) is 48.5 Å². The predicted octanol–water partition coefficient (Wildman–Crippen LogP) is 6.79. The van der Waals surface area contributed by atoms with Crippen molar-refractivity contribution in [2.24, 2.45) is 21.7 Å². The molecule has 3 rings (SSSR count). The number of hydrogen-bond donors (Lipinski definition) is 3. The molecule has 0 amide bonds. The van der Waals surface area contributed by atoms with E-state index in [-0.39, 0.29) is 12.9 Å². The molecule has 0 aromatic heterocycles. The number of aliphatic hydroxyl groups excluding tert-OH is 3. The van der Waals surface area contributed by atoms with E-state index < -0.39 is 33.9 Å². The fourth-order valence-corrected chi connectivity index (χ4v) is 5.98. The van der Waals surface area contributed by atoms with Crippen molar-refractivity contribution in [2.75, 3.05) is 47.3 Å². The Labute approximate surface area is 289 Å². The van der Waals surface area contributed by atoms with Gasteiger partial charge in [-0.3, -0.25) is 0 Å². The van der Waals surface area contributed by atoms with Gasteiger partial charge in [-0.1, -0.05) is 79.7 Å². The van der Waals surface area contributed by atoms with E-state index in [1.807, 2.05) is 104 Å². The highest BCUT2D eigenvalue weighted by atomic mass is 16.7. The minimum atomic E-state index is -0.652. The molecule has 2 aromatic carbocycles. The van der Waals surface area contributed by atoms with Gasteiger partial charge in [0.05, 0.1) is 66.1 Å². The van der Waals surface area contributed by atoms with E-state index in [4.69, 9.17) is 28.4 Å². The molecule has 1 fully saturated rings. The number of hydrogen-bond acceptors (Lipinski definition) is 9. The first-order valence-corrected chi connectivity index (χ1v) is 17.1. The van der Waals surface area contributed by atoms with Gasteiger partial charge in [0.2, 0.25) is 0 Å². The van der Waals surface area contributed by atoms with E-state index in [0.29, 0.717) is 33.0 Å². The summed E-state index contributed by atoms with van der Waals surface area (Å²) in [7, 11) is 3.29. The van der Waals surface area contributed by atoms with E-state index in [1.165, 1.54) is 0 Å². The molecule has 274 valence electrons. The fraction of sp³-hybridized carbons (Fsp3) is 0.692. The van der Waals surface area contributed by atoms with E-state index in [0.717, 1.165) is 48.5 Å². The Morgan fingerprint density at radius 3 is 1.56 bits per heavy atom. The predicted molar refractivity (Wildman–Crippen MR) is 189 cm³/mol. The molecule has 0 aliphatic carbocycles. The van der Waals surface area contributed by atoms with Crippen molar-refractivity contribution in [1.29, 1.82) is 0 Å². The molecule has 0 saturated carbocycles. The summed E-state index contributed by atoms with van der Waals surface area (Å²) in [6.45, 7) is 18.7. The normalized spacial score (nSPS) is 17.2. The summed E-state index contributed by atoms with van der Waals surface area (Å²) in [5, 5.41) is 30.8. The molecule has 3 atom stereocenters. The van der Waals surface area contributed by atoms with Gasteiger partial charge in [0, 0.05) is 28.3 Å². The van der Waals surface area contributed by atoms with Gasteiger partial charge in [-0.05, 0) is 54.7 Å². The van der Waals surface area contributed by atoms with Crippen LogP contribution in [0.5, 0.6) is 11.5 Å². The third kappa shape index (κ3) is 13.6. The van der Waals surface area contributed by atoms with E-state index in [1.54, 1.807) is 14.2 Å². The van der Waals surface area contributed by atoms with Crippen LogP contribution in [0.3, 0.4) is 0 Å². The number of rotatable bonds is 18. The van der Waals surface area contributed by atoms with Crippen molar-refractivity contribution in [1.82, 2.24) is 0 Å². The molecule has 1 heterocycles. The van der Waals surface area contributed by atoms with Gasteiger partial charge >= 0.3 is 0 Å². The van der Waals surface area contributed by atoms with Crippen LogP contribution in [0.4, 0.5) is 0 Å². The van der Waals surface area contributed by atoms with E-state index >= 15 is 0 Å². The lowest BCUT2D eigenvalue weighted by Gasteiger charge is -2.41. The lowest BCUT2D eigenvalue weighted by atomic mass is 9.72. The molecule has 3 N–H and O–H groups in total. The van der Waals surface area contributed by atoms with Crippen molar-refractivity contribution in [3.05, 3.63) is 59.7 Å². The van der Waals surface area contributed by atoms with Crippen molar-refractivity contribution in [2.45, 2.75) is 106 Å². The van der Waals surface area contributed by atoms with Gasteiger partial charge in [-0.15, -0.1) is 0 Å². The van der Waals surface area contributed by atoms with Crippen molar-refractivity contribution in [3.8, 4) is 11.5 Å². The SMILES string of the molecule is COc1cccc(COCC(C)(C)C(O)C(C)(C)CO)c1.COc1cccc(COCC(C)(C)C(O)C(C)(C)COC2CCCCO2)c1. The van der Waals surface area contributed by atoms with Crippen molar-refractivity contribution in [3.63, 3.8) is 0 Å². The average Bonchev–Trinajstić information content (AvgIpc) is 3.07. The first kappa shape index (κ1) is 41.9. The molecule has 1 aliphatic heterocycles. The van der Waals surface area contributed by atoms with Gasteiger partial charge in [-0.2, -0.15) is 0 Å². The van der Waals surface area contributed by atoms with Crippen LogP contribution < -0.4 is 9.47 Å². The first-order chi connectivity index (χ1) is 22.5.